The van der Waals surface area contributed by atoms with Gasteiger partial charge in [0.1, 0.15) is 5.75 Å². The highest BCUT2D eigenvalue weighted by Crippen LogP contribution is 2.34. The number of aryl methyl sites for hydroxylation is 1. The first kappa shape index (κ1) is 35.6. The van der Waals surface area contributed by atoms with E-state index in [9.17, 15) is 18.0 Å². The summed E-state index contributed by atoms with van der Waals surface area (Å²) in [4.78, 5) is 37.2. The fourth-order valence-electron chi connectivity index (χ4n) is 7.60. The fraction of sp³-hybridized carbons (Fsp3) is 0.359. The van der Waals surface area contributed by atoms with Crippen LogP contribution >= 0.6 is 0 Å². The van der Waals surface area contributed by atoms with Crippen molar-refractivity contribution in [3.63, 3.8) is 0 Å². The van der Waals surface area contributed by atoms with Crippen LogP contribution in [0.3, 0.4) is 0 Å². The van der Waals surface area contributed by atoms with Crippen LogP contribution in [0.15, 0.2) is 90.1 Å². The van der Waals surface area contributed by atoms with Crippen molar-refractivity contribution in [3.05, 3.63) is 96.3 Å². The Balaban J connectivity index is 0.834. The normalized spacial score (nSPS) is 18.2. The van der Waals surface area contributed by atoms with Crippen LogP contribution < -0.4 is 20.3 Å². The van der Waals surface area contributed by atoms with Crippen molar-refractivity contribution in [2.75, 3.05) is 42.9 Å². The molecule has 0 spiro atoms. The van der Waals surface area contributed by atoms with Gasteiger partial charge in [0.15, 0.2) is 11.6 Å². The number of ether oxygens (including phenoxy) is 1. The molecule has 3 aromatic carbocycles. The summed E-state index contributed by atoms with van der Waals surface area (Å²) in [5, 5.41) is 11.2. The predicted octanol–water partition coefficient (Wildman–Crippen LogP) is 5.25. The molecule has 0 unspecified atom stereocenters. The van der Waals surface area contributed by atoms with E-state index in [2.05, 4.69) is 42.7 Å². The van der Waals surface area contributed by atoms with Gasteiger partial charge in [0.2, 0.25) is 21.9 Å². The number of carbonyl (C=O) groups excluding carboxylic acids is 2. The average molecular weight is 750 g/mol. The van der Waals surface area contributed by atoms with Gasteiger partial charge in [-0.15, -0.1) is 0 Å². The number of rotatable bonds is 10. The quantitative estimate of drug-likeness (QED) is 0.194. The molecule has 3 aliphatic heterocycles. The minimum Gasteiger partial charge on any atom is -0.454 e. The number of nitrogens with zero attached hydrogens (tertiary/aromatic N) is 7. The lowest BCUT2D eigenvalue weighted by molar-refractivity contribution is -0.120. The number of imide groups is 1. The Kier molecular flexibility index (Phi) is 10.0. The van der Waals surface area contributed by atoms with E-state index in [-0.39, 0.29) is 18.4 Å². The zero-order valence-corrected chi connectivity index (χ0v) is 30.9. The Hall–Kier alpha value is -5.38. The largest absolute Gasteiger partial charge is 0.454 e. The average Bonchev–Trinajstić information content (AvgIpc) is 3.51. The molecule has 8 rings (SSSR count). The van der Waals surface area contributed by atoms with E-state index >= 15 is 0 Å². The number of anilines is 2. The van der Waals surface area contributed by atoms with E-state index in [0.717, 1.165) is 42.4 Å². The molecule has 0 saturated carbocycles. The van der Waals surface area contributed by atoms with Crippen molar-refractivity contribution < 1.29 is 22.7 Å². The van der Waals surface area contributed by atoms with Gasteiger partial charge in [-0.05, 0) is 92.2 Å². The Bertz CT molecular complexity index is 2250. The summed E-state index contributed by atoms with van der Waals surface area (Å²) in [6.45, 7) is 3.60. The van der Waals surface area contributed by atoms with Gasteiger partial charge in [-0.2, -0.15) is 9.40 Å². The highest BCUT2D eigenvalue weighted by Gasteiger charge is 2.31. The fourth-order valence-corrected chi connectivity index (χ4v) is 9.14. The second kappa shape index (κ2) is 15.2. The number of fused-ring (bicyclic) bond motifs is 1. The number of aromatic nitrogens is 4. The Labute approximate surface area is 314 Å². The minimum absolute atomic E-state index is 0.0611. The Morgan fingerprint density at radius 3 is 2.35 bits per heavy atom. The molecule has 5 heterocycles. The number of carbonyl (C=O) groups is 2. The molecule has 3 amide bonds. The monoisotopic (exact) mass is 749 g/mol. The molecule has 5 aromatic rings. The lowest BCUT2D eigenvalue weighted by Crippen LogP contribution is -2.49. The van der Waals surface area contributed by atoms with Gasteiger partial charge >= 0.3 is 6.03 Å². The first-order valence-corrected chi connectivity index (χ1v) is 19.8. The maximum atomic E-state index is 13.7. The van der Waals surface area contributed by atoms with Crippen LogP contribution in [-0.2, 0) is 28.4 Å². The lowest BCUT2D eigenvalue weighted by Gasteiger charge is -2.33. The standard InChI is InChI=1S/C39H43N9O5S/c1-45-35-23-29(10-11-34(35)37(44-45)48-21-16-36(49)43-39(48)50)28-12-17-46(18-13-28)26-27-6-5-9-33(22-27)54(51,52)47-19-14-30(15-20-47)42-38-40-24-32(25-41-38)53-31-7-3-2-4-8-31/h2-11,22-25,28,30H,12-21,26H2,1H3,(H,40,41,42)(H,43,49,50). The number of benzene rings is 3. The summed E-state index contributed by atoms with van der Waals surface area (Å²) < 4.78 is 36.6. The van der Waals surface area contributed by atoms with Crippen LogP contribution in [0.4, 0.5) is 16.6 Å². The van der Waals surface area contributed by atoms with Gasteiger partial charge in [0, 0.05) is 51.1 Å². The second-order valence-corrected chi connectivity index (χ2v) is 16.1. The van der Waals surface area contributed by atoms with Crippen molar-refractivity contribution in [3.8, 4) is 11.5 Å². The number of likely N-dealkylation sites (tertiary alicyclic amines) is 1. The second-order valence-electron chi connectivity index (χ2n) is 14.2. The van der Waals surface area contributed by atoms with Crippen molar-refractivity contribution >= 4 is 44.6 Å². The number of hydrogen-bond donors (Lipinski definition) is 2. The van der Waals surface area contributed by atoms with Crippen LogP contribution in [0.5, 0.6) is 11.5 Å². The zero-order chi connectivity index (χ0) is 37.2. The van der Waals surface area contributed by atoms with Crippen LogP contribution in [0.2, 0.25) is 0 Å². The predicted molar refractivity (Wildman–Crippen MR) is 204 cm³/mol. The molecule has 0 bridgehead atoms. The number of amides is 3. The first-order valence-electron chi connectivity index (χ1n) is 18.4. The van der Waals surface area contributed by atoms with E-state index in [4.69, 9.17) is 4.74 Å². The molecule has 15 heteroatoms. The molecular formula is C39H43N9O5S. The molecule has 280 valence electrons. The molecule has 2 aromatic heterocycles. The molecular weight excluding hydrogens is 707 g/mol. The van der Waals surface area contributed by atoms with Crippen molar-refractivity contribution in [2.24, 2.45) is 7.05 Å². The van der Waals surface area contributed by atoms with Crippen LogP contribution in [0.25, 0.3) is 10.9 Å². The van der Waals surface area contributed by atoms with E-state index in [1.807, 2.05) is 61.6 Å². The van der Waals surface area contributed by atoms with Crippen molar-refractivity contribution in [1.82, 2.24) is 34.3 Å². The summed E-state index contributed by atoms with van der Waals surface area (Å²) in [5.41, 5.74) is 3.17. The Morgan fingerprint density at radius 2 is 1.61 bits per heavy atom. The third-order valence-electron chi connectivity index (χ3n) is 10.6. The van der Waals surface area contributed by atoms with Gasteiger partial charge < -0.3 is 10.1 Å². The third kappa shape index (κ3) is 7.65. The highest BCUT2D eigenvalue weighted by molar-refractivity contribution is 7.89. The topological polar surface area (TPSA) is 155 Å². The SMILES string of the molecule is Cn1nc(N2CCC(=O)NC2=O)c2ccc(C3CCN(Cc4cccc(S(=O)(=O)N5CCC(Nc6ncc(Oc7ccccc7)cn6)CC5)c4)CC3)cc21. The molecule has 2 N–H and O–H groups in total. The van der Waals surface area contributed by atoms with Crippen molar-refractivity contribution in [1.29, 1.82) is 0 Å². The third-order valence-corrected chi connectivity index (χ3v) is 12.5. The number of piperidine rings is 2. The number of sulfonamides is 1. The van der Waals surface area contributed by atoms with E-state index in [1.165, 1.54) is 10.5 Å². The Morgan fingerprint density at radius 1 is 0.852 bits per heavy atom. The highest BCUT2D eigenvalue weighted by atomic mass is 32.2. The smallest absolute Gasteiger partial charge is 0.329 e. The number of nitrogens with one attached hydrogen (secondary N) is 2. The van der Waals surface area contributed by atoms with Gasteiger partial charge in [-0.3, -0.25) is 24.6 Å². The van der Waals surface area contributed by atoms with E-state index in [0.29, 0.717) is 73.1 Å². The number of para-hydroxylation sites is 1. The summed E-state index contributed by atoms with van der Waals surface area (Å²) in [7, 11) is -1.77. The summed E-state index contributed by atoms with van der Waals surface area (Å²) in [5.74, 6) is 2.41. The summed E-state index contributed by atoms with van der Waals surface area (Å²) in [6, 6.07) is 22.8. The zero-order valence-electron chi connectivity index (χ0n) is 30.1. The molecule has 54 heavy (non-hydrogen) atoms. The molecule has 14 nitrogen and oxygen atoms in total. The molecule has 0 aliphatic carbocycles. The van der Waals surface area contributed by atoms with Crippen LogP contribution in [0.1, 0.15) is 49.1 Å². The van der Waals surface area contributed by atoms with Gasteiger partial charge in [0.05, 0.1) is 22.8 Å². The lowest BCUT2D eigenvalue weighted by atomic mass is 9.89. The van der Waals surface area contributed by atoms with Gasteiger partial charge in [-0.25, -0.2) is 23.2 Å². The molecule has 0 atom stereocenters. The van der Waals surface area contributed by atoms with Gasteiger partial charge in [0.25, 0.3) is 0 Å². The summed E-state index contributed by atoms with van der Waals surface area (Å²) in [6.07, 6.45) is 6.74. The first-order chi connectivity index (χ1) is 26.2. The molecule has 3 fully saturated rings. The summed E-state index contributed by atoms with van der Waals surface area (Å²) >= 11 is 0. The van der Waals surface area contributed by atoms with E-state index in [1.54, 1.807) is 27.4 Å². The molecule has 0 radical (unpaired) electrons. The molecule has 3 aliphatic rings. The van der Waals surface area contributed by atoms with E-state index < -0.39 is 16.1 Å². The van der Waals surface area contributed by atoms with Crippen molar-refractivity contribution in [2.45, 2.75) is 55.5 Å². The van der Waals surface area contributed by atoms with Gasteiger partial charge in [-0.1, -0.05) is 36.4 Å². The maximum absolute atomic E-state index is 13.7. The van der Waals surface area contributed by atoms with Crippen LogP contribution in [0, 0.1) is 0 Å². The maximum Gasteiger partial charge on any atom is 0.329 e. The van der Waals surface area contributed by atoms with Crippen LogP contribution in [-0.4, -0.2) is 88.1 Å². The number of hydrogen-bond acceptors (Lipinski definition) is 10. The molecule has 3 saturated heterocycles. The minimum atomic E-state index is -3.64. The number of urea groups is 1.